The van der Waals surface area contributed by atoms with Crippen molar-refractivity contribution < 1.29 is 4.74 Å². The Bertz CT molecular complexity index is 543. The first kappa shape index (κ1) is 12.7. The Balaban J connectivity index is 2.22. The number of halogens is 1. The van der Waals surface area contributed by atoms with Gasteiger partial charge in [0.15, 0.2) is 0 Å². The quantitative estimate of drug-likeness (QED) is 0.900. The standard InChI is InChI=1S/C14H15ClN2O/c1-3-10-6-12(4-5-14(10)15)18-13-7-11(16-2)8-17-9-13/h4-9,16H,3H2,1-2H3. The number of hydrogen-bond donors (Lipinski definition) is 1. The van der Waals surface area contributed by atoms with Gasteiger partial charge >= 0.3 is 0 Å². The van der Waals surface area contributed by atoms with Crippen LogP contribution in [-0.4, -0.2) is 12.0 Å². The Morgan fingerprint density at radius 1 is 1.22 bits per heavy atom. The number of ether oxygens (including phenoxy) is 1. The number of rotatable bonds is 4. The van der Waals surface area contributed by atoms with E-state index in [1.807, 2.05) is 31.3 Å². The molecule has 0 spiro atoms. The molecule has 0 saturated heterocycles. The van der Waals surface area contributed by atoms with Gasteiger partial charge in [0.05, 0.1) is 18.1 Å². The van der Waals surface area contributed by atoms with Crippen LogP contribution in [0.25, 0.3) is 0 Å². The molecule has 2 rings (SSSR count). The minimum atomic E-state index is 0.700. The Hall–Kier alpha value is -1.74. The maximum atomic E-state index is 6.07. The van der Waals surface area contributed by atoms with E-state index in [1.54, 1.807) is 12.4 Å². The van der Waals surface area contributed by atoms with Crippen LogP contribution in [0.15, 0.2) is 36.7 Å². The molecule has 1 heterocycles. The van der Waals surface area contributed by atoms with Crippen molar-refractivity contribution in [3.8, 4) is 11.5 Å². The molecule has 0 aliphatic rings. The maximum absolute atomic E-state index is 6.07. The molecule has 0 unspecified atom stereocenters. The molecule has 18 heavy (non-hydrogen) atoms. The number of aryl methyl sites for hydroxylation is 1. The van der Waals surface area contributed by atoms with E-state index < -0.39 is 0 Å². The van der Waals surface area contributed by atoms with Crippen LogP contribution < -0.4 is 10.1 Å². The zero-order valence-electron chi connectivity index (χ0n) is 10.4. The molecule has 4 heteroatoms. The lowest BCUT2D eigenvalue weighted by Crippen LogP contribution is -1.92. The lowest BCUT2D eigenvalue weighted by atomic mass is 10.1. The summed E-state index contributed by atoms with van der Waals surface area (Å²) in [5.74, 6) is 1.47. The summed E-state index contributed by atoms with van der Waals surface area (Å²) in [6, 6.07) is 7.56. The first-order valence-electron chi connectivity index (χ1n) is 5.82. The van der Waals surface area contributed by atoms with E-state index in [-0.39, 0.29) is 0 Å². The predicted octanol–water partition coefficient (Wildman–Crippen LogP) is 4.13. The van der Waals surface area contributed by atoms with Gasteiger partial charge in [0.25, 0.3) is 0 Å². The number of pyridine rings is 1. The average molecular weight is 263 g/mol. The first-order chi connectivity index (χ1) is 8.72. The monoisotopic (exact) mass is 262 g/mol. The van der Waals surface area contributed by atoms with Gasteiger partial charge < -0.3 is 10.1 Å². The highest BCUT2D eigenvalue weighted by Gasteiger charge is 2.03. The van der Waals surface area contributed by atoms with Gasteiger partial charge in [0, 0.05) is 18.1 Å². The van der Waals surface area contributed by atoms with E-state index >= 15 is 0 Å². The zero-order chi connectivity index (χ0) is 13.0. The van der Waals surface area contributed by atoms with E-state index in [0.717, 1.165) is 28.4 Å². The minimum Gasteiger partial charge on any atom is -0.456 e. The highest BCUT2D eigenvalue weighted by atomic mass is 35.5. The van der Waals surface area contributed by atoms with Crippen molar-refractivity contribution in [2.75, 3.05) is 12.4 Å². The summed E-state index contributed by atoms with van der Waals surface area (Å²) < 4.78 is 5.76. The van der Waals surface area contributed by atoms with Gasteiger partial charge in [0.2, 0.25) is 0 Å². The second kappa shape index (κ2) is 5.74. The van der Waals surface area contributed by atoms with Crippen molar-refractivity contribution in [1.82, 2.24) is 4.98 Å². The van der Waals surface area contributed by atoms with Crippen molar-refractivity contribution in [2.24, 2.45) is 0 Å². The van der Waals surface area contributed by atoms with E-state index in [0.29, 0.717) is 5.75 Å². The fourth-order valence-corrected chi connectivity index (χ4v) is 1.88. The van der Waals surface area contributed by atoms with Gasteiger partial charge in [-0.3, -0.25) is 4.98 Å². The molecule has 1 N–H and O–H groups in total. The molecule has 0 saturated carbocycles. The molecule has 0 amide bonds. The number of nitrogens with zero attached hydrogens (tertiary/aromatic N) is 1. The van der Waals surface area contributed by atoms with Crippen molar-refractivity contribution in [3.05, 3.63) is 47.2 Å². The highest BCUT2D eigenvalue weighted by molar-refractivity contribution is 6.31. The van der Waals surface area contributed by atoms with Gasteiger partial charge in [-0.05, 0) is 30.2 Å². The average Bonchev–Trinajstić information content (AvgIpc) is 2.41. The Labute approximate surface area is 112 Å². The number of anilines is 1. The summed E-state index contributed by atoms with van der Waals surface area (Å²) in [5, 5.41) is 3.79. The van der Waals surface area contributed by atoms with E-state index in [9.17, 15) is 0 Å². The van der Waals surface area contributed by atoms with Crippen molar-refractivity contribution in [2.45, 2.75) is 13.3 Å². The Kier molecular flexibility index (Phi) is 4.05. The molecule has 0 bridgehead atoms. The molecule has 0 aliphatic carbocycles. The molecule has 1 aromatic carbocycles. The van der Waals surface area contributed by atoms with Gasteiger partial charge in [-0.25, -0.2) is 0 Å². The number of hydrogen-bond acceptors (Lipinski definition) is 3. The summed E-state index contributed by atoms with van der Waals surface area (Å²) in [7, 11) is 1.85. The van der Waals surface area contributed by atoms with Crippen molar-refractivity contribution in [1.29, 1.82) is 0 Å². The maximum Gasteiger partial charge on any atom is 0.147 e. The van der Waals surface area contributed by atoms with Crippen LogP contribution in [0.1, 0.15) is 12.5 Å². The summed E-state index contributed by atoms with van der Waals surface area (Å²) in [4.78, 5) is 4.10. The predicted molar refractivity (Wildman–Crippen MR) is 74.7 cm³/mol. The number of benzene rings is 1. The number of nitrogens with one attached hydrogen (secondary N) is 1. The smallest absolute Gasteiger partial charge is 0.147 e. The van der Waals surface area contributed by atoms with Crippen LogP contribution in [-0.2, 0) is 6.42 Å². The van der Waals surface area contributed by atoms with Gasteiger partial charge in [-0.1, -0.05) is 18.5 Å². The summed E-state index contributed by atoms with van der Waals surface area (Å²) in [6.45, 7) is 2.06. The van der Waals surface area contributed by atoms with E-state index in [4.69, 9.17) is 16.3 Å². The van der Waals surface area contributed by atoms with Gasteiger partial charge in [-0.2, -0.15) is 0 Å². The Morgan fingerprint density at radius 2 is 2.06 bits per heavy atom. The summed E-state index contributed by atoms with van der Waals surface area (Å²) in [5.41, 5.74) is 1.99. The zero-order valence-corrected chi connectivity index (χ0v) is 11.2. The van der Waals surface area contributed by atoms with Gasteiger partial charge in [0.1, 0.15) is 11.5 Å². The normalized spacial score (nSPS) is 10.2. The third-order valence-corrected chi connectivity index (χ3v) is 3.00. The molecule has 2 aromatic rings. The van der Waals surface area contributed by atoms with Crippen molar-refractivity contribution >= 4 is 17.3 Å². The summed E-state index contributed by atoms with van der Waals surface area (Å²) in [6.07, 6.45) is 4.30. The van der Waals surface area contributed by atoms with Crippen LogP contribution in [0.5, 0.6) is 11.5 Å². The molecule has 0 aliphatic heterocycles. The lowest BCUT2D eigenvalue weighted by Gasteiger charge is -2.09. The largest absolute Gasteiger partial charge is 0.456 e. The Morgan fingerprint density at radius 3 is 2.78 bits per heavy atom. The molecular formula is C14H15ClN2O. The molecule has 0 radical (unpaired) electrons. The number of aromatic nitrogens is 1. The summed E-state index contributed by atoms with van der Waals surface area (Å²) >= 11 is 6.07. The molecule has 94 valence electrons. The molecule has 0 fully saturated rings. The molecule has 3 nitrogen and oxygen atoms in total. The van der Waals surface area contributed by atoms with Crippen LogP contribution in [0.2, 0.25) is 5.02 Å². The fourth-order valence-electron chi connectivity index (χ4n) is 1.63. The molecule has 1 aromatic heterocycles. The minimum absolute atomic E-state index is 0.700. The van der Waals surface area contributed by atoms with E-state index in [2.05, 4.69) is 17.2 Å². The highest BCUT2D eigenvalue weighted by Crippen LogP contribution is 2.27. The SMILES string of the molecule is CCc1cc(Oc2cncc(NC)c2)ccc1Cl. The molecular weight excluding hydrogens is 248 g/mol. The van der Waals surface area contributed by atoms with Crippen LogP contribution in [0.3, 0.4) is 0 Å². The third kappa shape index (κ3) is 2.93. The second-order valence-electron chi connectivity index (χ2n) is 3.87. The lowest BCUT2D eigenvalue weighted by molar-refractivity contribution is 0.480. The topological polar surface area (TPSA) is 34.1 Å². The first-order valence-corrected chi connectivity index (χ1v) is 6.19. The fraction of sp³-hybridized carbons (Fsp3) is 0.214. The van der Waals surface area contributed by atoms with Crippen LogP contribution in [0.4, 0.5) is 5.69 Å². The second-order valence-corrected chi connectivity index (χ2v) is 4.28. The van der Waals surface area contributed by atoms with Crippen LogP contribution >= 0.6 is 11.6 Å². The molecule has 0 atom stereocenters. The van der Waals surface area contributed by atoms with Crippen molar-refractivity contribution in [3.63, 3.8) is 0 Å². The van der Waals surface area contributed by atoms with E-state index in [1.165, 1.54) is 0 Å². The van der Waals surface area contributed by atoms with Gasteiger partial charge in [-0.15, -0.1) is 0 Å². The van der Waals surface area contributed by atoms with Crippen LogP contribution in [0, 0.1) is 0 Å². The third-order valence-electron chi connectivity index (χ3n) is 2.64.